The molecule has 0 spiro atoms. The normalized spacial score (nSPS) is 12.0. The van der Waals surface area contributed by atoms with Crippen LogP contribution in [-0.4, -0.2) is 11.7 Å². The second kappa shape index (κ2) is 4.73. The van der Waals surface area contributed by atoms with E-state index >= 15 is 0 Å². The van der Waals surface area contributed by atoms with E-state index in [1.165, 1.54) is 12.8 Å². The molecule has 0 saturated heterocycles. The van der Waals surface area contributed by atoms with Crippen molar-refractivity contribution >= 4 is 0 Å². The Morgan fingerprint density at radius 1 is 1.20 bits per heavy atom. The quantitative estimate of drug-likeness (QED) is 0.628. The predicted octanol–water partition coefficient (Wildman–Crippen LogP) is 2.59. The van der Waals surface area contributed by atoms with E-state index in [1.807, 2.05) is 0 Å². The third kappa shape index (κ3) is 3.21. The molecule has 1 N–H and O–H groups in total. The van der Waals surface area contributed by atoms with Crippen molar-refractivity contribution in [1.82, 2.24) is 0 Å². The molecule has 1 heteroatoms. The standard InChI is InChI=1S/C9H20O/c1-4-9(3,5-2)7-6-8-10/h10H,4-8H2,1-3H3. The molecule has 0 heterocycles. The summed E-state index contributed by atoms with van der Waals surface area (Å²) < 4.78 is 0. The zero-order valence-corrected chi connectivity index (χ0v) is 7.48. The Balaban J connectivity index is 3.58. The first-order valence-electron chi connectivity index (χ1n) is 4.29. The summed E-state index contributed by atoms with van der Waals surface area (Å²) in [6.45, 7) is 7.08. The summed E-state index contributed by atoms with van der Waals surface area (Å²) in [5, 5.41) is 8.62. The lowest BCUT2D eigenvalue weighted by Crippen LogP contribution is -2.13. The van der Waals surface area contributed by atoms with Crippen molar-refractivity contribution in [2.75, 3.05) is 6.61 Å². The topological polar surface area (TPSA) is 20.2 Å². The first-order valence-corrected chi connectivity index (χ1v) is 4.29. The molecule has 0 fully saturated rings. The van der Waals surface area contributed by atoms with Crippen LogP contribution in [0.5, 0.6) is 0 Å². The molecule has 1 nitrogen and oxygen atoms in total. The van der Waals surface area contributed by atoms with E-state index in [0.717, 1.165) is 12.8 Å². The Labute approximate surface area is 64.5 Å². The molecule has 0 amide bonds. The van der Waals surface area contributed by atoms with Crippen LogP contribution in [0.2, 0.25) is 0 Å². The van der Waals surface area contributed by atoms with E-state index in [-0.39, 0.29) is 0 Å². The van der Waals surface area contributed by atoms with Crippen LogP contribution in [0.15, 0.2) is 0 Å². The molecule has 0 radical (unpaired) electrons. The maximum absolute atomic E-state index is 8.62. The van der Waals surface area contributed by atoms with Crippen LogP contribution in [0.4, 0.5) is 0 Å². The lowest BCUT2D eigenvalue weighted by molar-refractivity contribution is 0.217. The molecule has 0 saturated carbocycles. The summed E-state index contributed by atoms with van der Waals surface area (Å²) in [4.78, 5) is 0. The SMILES string of the molecule is CCC(C)(CC)CCCO. The monoisotopic (exact) mass is 144 g/mol. The summed E-state index contributed by atoms with van der Waals surface area (Å²) in [5.74, 6) is 0. The van der Waals surface area contributed by atoms with Crippen LogP contribution in [-0.2, 0) is 0 Å². The molecule has 0 aliphatic heterocycles. The zero-order chi connectivity index (χ0) is 8.04. The predicted molar refractivity (Wildman–Crippen MR) is 45.0 cm³/mol. The van der Waals surface area contributed by atoms with Gasteiger partial charge in [0.2, 0.25) is 0 Å². The molecular formula is C9H20O. The Kier molecular flexibility index (Phi) is 4.71. The maximum Gasteiger partial charge on any atom is 0.0431 e. The van der Waals surface area contributed by atoms with Crippen molar-refractivity contribution in [1.29, 1.82) is 0 Å². The summed E-state index contributed by atoms with van der Waals surface area (Å²) in [6.07, 6.45) is 4.57. The fourth-order valence-corrected chi connectivity index (χ4v) is 1.11. The van der Waals surface area contributed by atoms with Crippen LogP contribution in [0, 0.1) is 5.41 Å². The van der Waals surface area contributed by atoms with Gasteiger partial charge in [0.05, 0.1) is 0 Å². The summed E-state index contributed by atoms with van der Waals surface area (Å²) in [7, 11) is 0. The molecule has 62 valence electrons. The lowest BCUT2D eigenvalue weighted by atomic mass is 9.80. The van der Waals surface area contributed by atoms with Gasteiger partial charge in [-0.1, -0.05) is 33.6 Å². The van der Waals surface area contributed by atoms with Gasteiger partial charge in [-0.05, 0) is 18.3 Å². The summed E-state index contributed by atoms with van der Waals surface area (Å²) in [5.41, 5.74) is 0.475. The Bertz CT molecular complexity index is 74.8. The highest BCUT2D eigenvalue weighted by Crippen LogP contribution is 2.30. The van der Waals surface area contributed by atoms with Crippen LogP contribution in [0.25, 0.3) is 0 Å². The largest absolute Gasteiger partial charge is 0.396 e. The molecule has 0 aromatic rings. The van der Waals surface area contributed by atoms with E-state index in [9.17, 15) is 0 Å². The van der Waals surface area contributed by atoms with Gasteiger partial charge in [0, 0.05) is 6.61 Å². The Hall–Kier alpha value is -0.0400. The average Bonchev–Trinajstić information content (AvgIpc) is 2.00. The van der Waals surface area contributed by atoms with Crippen molar-refractivity contribution < 1.29 is 5.11 Å². The zero-order valence-electron chi connectivity index (χ0n) is 7.48. The van der Waals surface area contributed by atoms with E-state index in [1.54, 1.807) is 0 Å². The number of aliphatic hydroxyl groups is 1. The molecule has 0 atom stereocenters. The van der Waals surface area contributed by atoms with Crippen molar-refractivity contribution in [3.63, 3.8) is 0 Å². The maximum atomic E-state index is 8.62. The fraction of sp³-hybridized carbons (Fsp3) is 1.00. The van der Waals surface area contributed by atoms with Gasteiger partial charge in [0.25, 0.3) is 0 Å². The van der Waals surface area contributed by atoms with Crippen LogP contribution >= 0.6 is 0 Å². The number of rotatable bonds is 5. The van der Waals surface area contributed by atoms with Gasteiger partial charge in [-0.15, -0.1) is 0 Å². The number of hydrogen-bond donors (Lipinski definition) is 1. The number of hydrogen-bond acceptors (Lipinski definition) is 1. The highest BCUT2D eigenvalue weighted by molar-refractivity contribution is 4.69. The fourth-order valence-electron chi connectivity index (χ4n) is 1.11. The van der Waals surface area contributed by atoms with Crippen molar-refractivity contribution in [2.45, 2.75) is 46.5 Å². The molecule has 0 aromatic heterocycles. The third-order valence-corrected chi connectivity index (χ3v) is 2.65. The smallest absolute Gasteiger partial charge is 0.0431 e. The van der Waals surface area contributed by atoms with Crippen LogP contribution in [0.1, 0.15) is 46.5 Å². The van der Waals surface area contributed by atoms with Gasteiger partial charge in [-0.3, -0.25) is 0 Å². The number of aliphatic hydroxyl groups excluding tert-OH is 1. The van der Waals surface area contributed by atoms with E-state index < -0.39 is 0 Å². The Morgan fingerprint density at radius 3 is 2.00 bits per heavy atom. The van der Waals surface area contributed by atoms with Crippen molar-refractivity contribution in [3.8, 4) is 0 Å². The minimum atomic E-state index is 0.343. The van der Waals surface area contributed by atoms with Gasteiger partial charge < -0.3 is 5.11 Å². The van der Waals surface area contributed by atoms with Gasteiger partial charge in [-0.25, -0.2) is 0 Å². The highest BCUT2D eigenvalue weighted by atomic mass is 16.2. The Morgan fingerprint density at radius 2 is 1.70 bits per heavy atom. The van der Waals surface area contributed by atoms with Gasteiger partial charge in [0.15, 0.2) is 0 Å². The molecule has 0 bridgehead atoms. The molecule has 0 rings (SSSR count). The first-order chi connectivity index (χ1) is 4.68. The molecular weight excluding hydrogens is 124 g/mol. The van der Waals surface area contributed by atoms with Crippen molar-refractivity contribution in [3.05, 3.63) is 0 Å². The highest BCUT2D eigenvalue weighted by Gasteiger charge is 2.17. The van der Waals surface area contributed by atoms with E-state index in [2.05, 4.69) is 20.8 Å². The average molecular weight is 144 g/mol. The third-order valence-electron chi connectivity index (χ3n) is 2.65. The van der Waals surface area contributed by atoms with Gasteiger partial charge in [-0.2, -0.15) is 0 Å². The summed E-state index contributed by atoms with van der Waals surface area (Å²) >= 11 is 0. The minimum absolute atomic E-state index is 0.343. The molecule has 10 heavy (non-hydrogen) atoms. The molecule has 0 unspecified atom stereocenters. The molecule has 0 aliphatic carbocycles. The second-order valence-electron chi connectivity index (χ2n) is 3.34. The molecule has 0 aromatic carbocycles. The van der Waals surface area contributed by atoms with Gasteiger partial charge in [0.1, 0.15) is 0 Å². The molecule has 0 aliphatic rings. The van der Waals surface area contributed by atoms with E-state index in [4.69, 9.17) is 5.11 Å². The lowest BCUT2D eigenvalue weighted by Gasteiger charge is -2.25. The summed E-state index contributed by atoms with van der Waals surface area (Å²) in [6, 6.07) is 0. The van der Waals surface area contributed by atoms with Crippen LogP contribution in [0.3, 0.4) is 0 Å². The van der Waals surface area contributed by atoms with Gasteiger partial charge >= 0.3 is 0 Å². The van der Waals surface area contributed by atoms with Crippen molar-refractivity contribution in [2.24, 2.45) is 5.41 Å². The van der Waals surface area contributed by atoms with Crippen LogP contribution < -0.4 is 0 Å². The minimum Gasteiger partial charge on any atom is -0.396 e. The second-order valence-corrected chi connectivity index (χ2v) is 3.34. The first kappa shape index (κ1) is 9.96. The van der Waals surface area contributed by atoms with E-state index in [0.29, 0.717) is 12.0 Å².